The highest BCUT2D eigenvalue weighted by Crippen LogP contribution is 2.37. The second-order valence-electron chi connectivity index (χ2n) is 4.69. The van der Waals surface area contributed by atoms with Gasteiger partial charge in [-0.15, -0.1) is 0 Å². The van der Waals surface area contributed by atoms with E-state index in [4.69, 9.17) is 5.41 Å². The van der Waals surface area contributed by atoms with Crippen LogP contribution in [0.1, 0.15) is 19.3 Å². The van der Waals surface area contributed by atoms with Crippen LogP contribution in [-0.2, 0) is 0 Å². The van der Waals surface area contributed by atoms with Crippen molar-refractivity contribution in [2.24, 2.45) is 16.8 Å². The van der Waals surface area contributed by atoms with Gasteiger partial charge in [0.05, 0.1) is 6.34 Å². The zero-order valence-corrected chi connectivity index (χ0v) is 10.1. The monoisotopic (exact) mass is 237 g/mol. The Morgan fingerprint density at radius 3 is 2.65 bits per heavy atom. The number of nitrogens with zero attached hydrogens (tertiary/aromatic N) is 2. The third-order valence-corrected chi connectivity index (χ3v) is 3.58. The van der Waals surface area contributed by atoms with Crippen molar-refractivity contribution < 1.29 is 4.79 Å². The Labute approximate surface area is 101 Å². The molecule has 0 aromatic heterocycles. The molecule has 2 aliphatic rings. The lowest BCUT2D eigenvalue weighted by Gasteiger charge is -2.18. The highest BCUT2D eigenvalue weighted by molar-refractivity contribution is 5.99. The number of rotatable bonds is 1. The first-order valence-electron chi connectivity index (χ1n) is 6.02. The van der Waals surface area contributed by atoms with Crippen molar-refractivity contribution in [1.29, 1.82) is 5.41 Å². The zero-order valence-electron chi connectivity index (χ0n) is 10.1. The van der Waals surface area contributed by atoms with Gasteiger partial charge in [-0.25, -0.2) is 4.79 Å². The van der Waals surface area contributed by atoms with Gasteiger partial charge in [0, 0.05) is 20.1 Å². The molecule has 0 bridgehead atoms. The SMILES string of the molecule is CN=CNC(=N)NC(=O)N1CC2CCC[C@@H]2C1. The first kappa shape index (κ1) is 11.9. The quantitative estimate of drug-likeness (QED) is 0.461. The molecule has 1 heterocycles. The summed E-state index contributed by atoms with van der Waals surface area (Å²) < 4.78 is 0. The third kappa shape index (κ3) is 2.75. The average Bonchev–Trinajstić information content (AvgIpc) is 2.86. The maximum atomic E-state index is 11.8. The predicted molar refractivity (Wildman–Crippen MR) is 66.2 cm³/mol. The molecule has 2 rings (SSSR count). The molecule has 1 saturated carbocycles. The normalized spacial score (nSPS) is 27.2. The van der Waals surface area contributed by atoms with Gasteiger partial charge in [-0.3, -0.25) is 15.7 Å². The van der Waals surface area contributed by atoms with E-state index < -0.39 is 0 Å². The maximum Gasteiger partial charge on any atom is 0.324 e. The molecule has 1 saturated heterocycles. The van der Waals surface area contributed by atoms with E-state index in [0.29, 0.717) is 11.8 Å². The zero-order chi connectivity index (χ0) is 12.3. The first-order valence-corrected chi connectivity index (χ1v) is 6.02. The Balaban J connectivity index is 1.79. The molecule has 0 aromatic rings. The summed E-state index contributed by atoms with van der Waals surface area (Å²) in [5, 5.41) is 12.6. The van der Waals surface area contributed by atoms with Gasteiger partial charge in [0.1, 0.15) is 0 Å². The number of hydrogen-bond donors (Lipinski definition) is 3. The minimum Gasteiger partial charge on any atom is -0.324 e. The topological polar surface area (TPSA) is 80.6 Å². The molecule has 6 nitrogen and oxygen atoms in total. The fourth-order valence-electron chi connectivity index (χ4n) is 2.75. The van der Waals surface area contributed by atoms with Crippen LogP contribution >= 0.6 is 0 Å². The number of carbonyl (C=O) groups is 1. The van der Waals surface area contributed by atoms with Crippen molar-refractivity contribution >= 4 is 18.3 Å². The van der Waals surface area contributed by atoms with Crippen LogP contribution in [0.4, 0.5) is 4.79 Å². The molecule has 17 heavy (non-hydrogen) atoms. The van der Waals surface area contributed by atoms with E-state index in [0.717, 1.165) is 13.1 Å². The summed E-state index contributed by atoms with van der Waals surface area (Å²) in [4.78, 5) is 17.3. The summed E-state index contributed by atoms with van der Waals surface area (Å²) in [7, 11) is 1.60. The summed E-state index contributed by atoms with van der Waals surface area (Å²) in [5.74, 6) is 1.33. The molecule has 6 heteroatoms. The fraction of sp³-hybridized carbons (Fsp3) is 0.727. The molecule has 2 atom stereocenters. The summed E-state index contributed by atoms with van der Waals surface area (Å²) >= 11 is 0. The number of hydrogen-bond acceptors (Lipinski definition) is 3. The Morgan fingerprint density at radius 2 is 2.06 bits per heavy atom. The number of fused-ring (bicyclic) bond motifs is 1. The van der Waals surface area contributed by atoms with E-state index in [9.17, 15) is 4.79 Å². The van der Waals surface area contributed by atoms with Crippen LogP contribution in [0, 0.1) is 17.2 Å². The van der Waals surface area contributed by atoms with Crippen LogP contribution < -0.4 is 10.6 Å². The maximum absolute atomic E-state index is 11.8. The lowest BCUT2D eigenvalue weighted by Crippen LogP contribution is -2.46. The molecule has 1 aliphatic heterocycles. The lowest BCUT2D eigenvalue weighted by molar-refractivity contribution is 0.210. The van der Waals surface area contributed by atoms with Gasteiger partial charge in [0.25, 0.3) is 0 Å². The van der Waals surface area contributed by atoms with Crippen molar-refractivity contribution in [3.63, 3.8) is 0 Å². The second-order valence-corrected chi connectivity index (χ2v) is 4.69. The van der Waals surface area contributed by atoms with E-state index >= 15 is 0 Å². The Bertz CT molecular complexity index is 329. The number of carbonyl (C=O) groups excluding carboxylic acids is 1. The number of aliphatic imine (C=N–C) groups is 1. The van der Waals surface area contributed by atoms with Gasteiger partial charge < -0.3 is 10.2 Å². The van der Waals surface area contributed by atoms with E-state index in [1.807, 2.05) is 4.90 Å². The minimum atomic E-state index is -0.179. The Hall–Kier alpha value is -1.59. The third-order valence-electron chi connectivity index (χ3n) is 3.58. The predicted octanol–water partition coefficient (Wildman–Crippen LogP) is 0.610. The van der Waals surface area contributed by atoms with Gasteiger partial charge in [0.15, 0.2) is 0 Å². The molecule has 2 fully saturated rings. The van der Waals surface area contributed by atoms with Crippen LogP contribution in [0.2, 0.25) is 0 Å². The number of urea groups is 1. The fourth-order valence-corrected chi connectivity index (χ4v) is 2.75. The van der Waals surface area contributed by atoms with Crippen molar-refractivity contribution in [3.8, 4) is 0 Å². The van der Waals surface area contributed by atoms with Gasteiger partial charge in [-0.2, -0.15) is 0 Å². The van der Waals surface area contributed by atoms with Crippen molar-refractivity contribution in [2.75, 3.05) is 20.1 Å². The van der Waals surface area contributed by atoms with E-state index in [-0.39, 0.29) is 12.0 Å². The van der Waals surface area contributed by atoms with Gasteiger partial charge in [-0.1, -0.05) is 6.42 Å². The van der Waals surface area contributed by atoms with Gasteiger partial charge in [0.2, 0.25) is 5.96 Å². The molecule has 3 N–H and O–H groups in total. The second kappa shape index (κ2) is 5.16. The molecule has 0 radical (unpaired) electrons. The molecular formula is C11H19N5O. The lowest BCUT2D eigenvalue weighted by atomic mass is 10.0. The molecule has 1 unspecified atom stereocenters. The highest BCUT2D eigenvalue weighted by Gasteiger charge is 2.38. The summed E-state index contributed by atoms with van der Waals surface area (Å²) in [5.41, 5.74) is 0. The van der Waals surface area contributed by atoms with E-state index in [1.165, 1.54) is 25.6 Å². The van der Waals surface area contributed by atoms with E-state index in [2.05, 4.69) is 15.6 Å². The van der Waals surface area contributed by atoms with Crippen LogP contribution in [0.25, 0.3) is 0 Å². The number of likely N-dealkylation sites (tertiary alicyclic amines) is 1. The van der Waals surface area contributed by atoms with Gasteiger partial charge >= 0.3 is 6.03 Å². The van der Waals surface area contributed by atoms with Gasteiger partial charge in [-0.05, 0) is 24.7 Å². The molecule has 0 aromatic carbocycles. The smallest absolute Gasteiger partial charge is 0.324 e. The van der Waals surface area contributed by atoms with Crippen LogP contribution in [-0.4, -0.2) is 43.4 Å². The minimum absolute atomic E-state index is 0.0299. The highest BCUT2D eigenvalue weighted by atomic mass is 16.2. The Morgan fingerprint density at radius 1 is 1.41 bits per heavy atom. The van der Waals surface area contributed by atoms with Crippen molar-refractivity contribution in [1.82, 2.24) is 15.5 Å². The summed E-state index contributed by atoms with van der Waals surface area (Å²) in [6, 6.07) is -0.179. The molecule has 94 valence electrons. The van der Waals surface area contributed by atoms with E-state index in [1.54, 1.807) is 7.05 Å². The number of amides is 2. The van der Waals surface area contributed by atoms with Crippen LogP contribution in [0.15, 0.2) is 4.99 Å². The number of nitrogens with one attached hydrogen (secondary N) is 3. The number of guanidine groups is 1. The van der Waals surface area contributed by atoms with Crippen molar-refractivity contribution in [3.05, 3.63) is 0 Å². The van der Waals surface area contributed by atoms with Crippen LogP contribution in [0.3, 0.4) is 0 Å². The molecule has 2 amide bonds. The largest absolute Gasteiger partial charge is 0.324 e. The molecular weight excluding hydrogens is 218 g/mol. The first-order chi connectivity index (χ1) is 8.20. The van der Waals surface area contributed by atoms with Crippen molar-refractivity contribution in [2.45, 2.75) is 19.3 Å². The molecule has 1 aliphatic carbocycles. The van der Waals surface area contributed by atoms with Crippen LogP contribution in [0.5, 0.6) is 0 Å². The summed E-state index contributed by atoms with van der Waals surface area (Å²) in [6.45, 7) is 1.68. The Kier molecular flexibility index (Phi) is 3.61. The summed E-state index contributed by atoms with van der Waals surface area (Å²) in [6.07, 6.45) is 5.16. The standard InChI is InChI=1S/C11H19N5O/c1-13-7-14-10(12)15-11(17)16-5-8-3-2-4-9(8)6-16/h7-9H,2-6H2,1H3,(H3,12,13,14,15,17)/t8-,9?/m1/s1. The molecule has 0 spiro atoms. The average molecular weight is 237 g/mol.